The van der Waals surface area contributed by atoms with Crippen LogP contribution in [0.25, 0.3) is 11.0 Å². The zero-order valence-electron chi connectivity index (χ0n) is 16.0. The summed E-state index contributed by atoms with van der Waals surface area (Å²) in [5, 5.41) is 10.0. The van der Waals surface area contributed by atoms with E-state index in [4.69, 9.17) is 9.15 Å². The van der Waals surface area contributed by atoms with Gasteiger partial charge in [-0.15, -0.1) is 0 Å². The molecule has 0 amide bonds. The number of phenolic OH excluding ortho intramolecular Hbond substituents is 1. The third-order valence-corrected chi connectivity index (χ3v) is 5.18. The van der Waals surface area contributed by atoms with E-state index in [0.29, 0.717) is 30.5 Å². The van der Waals surface area contributed by atoms with Crippen LogP contribution in [0.2, 0.25) is 0 Å². The van der Waals surface area contributed by atoms with Gasteiger partial charge in [-0.2, -0.15) is 0 Å². The van der Waals surface area contributed by atoms with Crippen molar-refractivity contribution in [2.24, 2.45) is 0 Å². The minimum Gasteiger partial charge on any atom is -0.507 e. The van der Waals surface area contributed by atoms with Crippen molar-refractivity contribution in [2.75, 3.05) is 32.8 Å². The van der Waals surface area contributed by atoms with Crippen LogP contribution in [0.3, 0.4) is 0 Å². The Morgan fingerprint density at radius 2 is 2.00 bits per heavy atom. The number of carbonyl (C=O) groups is 2. The second-order valence-corrected chi connectivity index (χ2v) is 7.06. The number of carbonyl (C=O) groups excluding carboxylic acids is 2. The van der Waals surface area contributed by atoms with Gasteiger partial charge in [0.2, 0.25) is 0 Å². The molecule has 1 N–H and O–H groups in total. The number of hydrogen-bond acceptors (Lipinski definition) is 7. The van der Waals surface area contributed by atoms with Crippen molar-refractivity contribution in [1.29, 1.82) is 0 Å². The van der Waals surface area contributed by atoms with Crippen molar-refractivity contribution in [3.05, 3.63) is 39.2 Å². The molecule has 1 aliphatic heterocycles. The van der Waals surface area contributed by atoms with Gasteiger partial charge in [-0.1, -0.05) is 0 Å². The van der Waals surface area contributed by atoms with E-state index in [1.54, 1.807) is 6.92 Å². The highest BCUT2D eigenvalue weighted by Crippen LogP contribution is 2.26. The Hall–Kier alpha value is -2.51. The summed E-state index contributed by atoms with van der Waals surface area (Å²) in [5.74, 6) is 0.256. The SMILES string of the molecule is Cc1oc2c(C=O)c(O)ccc2c(=O)c1CCC(=O)CCCN1CCOCC1. The molecule has 0 atom stereocenters. The van der Waals surface area contributed by atoms with Gasteiger partial charge in [0.25, 0.3) is 0 Å². The molecule has 7 heteroatoms. The number of morpholine rings is 1. The number of phenols is 1. The van der Waals surface area contributed by atoms with E-state index < -0.39 is 0 Å². The van der Waals surface area contributed by atoms with Crippen LogP contribution >= 0.6 is 0 Å². The number of fused-ring (bicyclic) bond motifs is 1. The quantitative estimate of drug-likeness (QED) is 0.694. The number of aldehydes is 1. The van der Waals surface area contributed by atoms with E-state index in [0.717, 1.165) is 39.3 Å². The first kappa shape index (κ1) is 20.2. The van der Waals surface area contributed by atoms with Crippen molar-refractivity contribution in [1.82, 2.24) is 4.90 Å². The second-order valence-electron chi connectivity index (χ2n) is 7.06. The molecule has 0 saturated carbocycles. The number of ether oxygens (including phenoxy) is 1. The monoisotopic (exact) mass is 387 g/mol. The number of ketones is 1. The van der Waals surface area contributed by atoms with E-state index in [9.17, 15) is 19.5 Å². The molecule has 0 spiro atoms. The normalized spacial score (nSPS) is 15.0. The average molecular weight is 387 g/mol. The average Bonchev–Trinajstić information content (AvgIpc) is 2.68. The number of aromatic hydroxyl groups is 1. The number of aryl methyl sites for hydroxylation is 1. The van der Waals surface area contributed by atoms with Crippen molar-refractivity contribution in [2.45, 2.75) is 32.6 Å². The fourth-order valence-corrected chi connectivity index (χ4v) is 3.53. The molecule has 0 aliphatic carbocycles. The predicted molar refractivity (Wildman–Crippen MR) is 104 cm³/mol. The van der Waals surface area contributed by atoms with E-state index in [2.05, 4.69) is 4.90 Å². The summed E-state index contributed by atoms with van der Waals surface area (Å²) >= 11 is 0. The maximum Gasteiger partial charge on any atom is 0.196 e. The molecule has 7 nitrogen and oxygen atoms in total. The predicted octanol–water partition coefficient (Wildman–Crippen LogP) is 2.23. The Kier molecular flexibility index (Phi) is 6.59. The molecule has 0 unspecified atom stereocenters. The lowest BCUT2D eigenvalue weighted by Gasteiger charge is -2.26. The van der Waals surface area contributed by atoms with Crippen LogP contribution in [0.4, 0.5) is 0 Å². The summed E-state index contributed by atoms with van der Waals surface area (Å²) in [7, 11) is 0. The van der Waals surface area contributed by atoms with Crippen LogP contribution in [-0.4, -0.2) is 54.9 Å². The summed E-state index contributed by atoms with van der Waals surface area (Å²) in [5.41, 5.74) is 0.223. The van der Waals surface area contributed by atoms with Gasteiger partial charge in [-0.05, 0) is 38.4 Å². The van der Waals surface area contributed by atoms with Crippen LogP contribution in [0.1, 0.15) is 40.9 Å². The first-order valence-corrected chi connectivity index (χ1v) is 9.56. The minimum atomic E-state index is -0.261. The van der Waals surface area contributed by atoms with Crippen LogP contribution in [0.5, 0.6) is 5.75 Å². The standard InChI is InChI=1S/C21H25NO6/c1-14-16(5-4-15(24)3-2-8-22-9-11-27-12-10-22)20(26)17-6-7-19(25)18(13-23)21(17)28-14/h6-7,13,25H,2-5,8-12H2,1H3. The van der Waals surface area contributed by atoms with E-state index in [1.165, 1.54) is 12.1 Å². The van der Waals surface area contributed by atoms with Crippen LogP contribution < -0.4 is 5.43 Å². The van der Waals surface area contributed by atoms with Crippen molar-refractivity contribution < 1.29 is 23.8 Å². The highest BCUT2D eigenvalue weighted by Gasteiger charge is 2.17. The molecular formula is C21H25NO6. The van der Waals surface area contributed by atoms with Gasteiger partial charge >= 0.3 is 0 Å². The number of Topliss-reactive ketones (excluding diaryl/α,β-unsaturated/α-hetero) is 1. The van der Waals surface area contributed by atoms with Gasteiger partial charge in [0.1, 0.15) is 17.3 Å². The molecule has 1 fully saturated rings. The summed E-state index contributed by atoms with van der Waals surface area (Å²) in [4.78, 5) is 38.5. The van der Waals surface area contributed by atoms with Crippen LogP contribution in [0, 0.1) is 6.92 Å². The van der Waals surface area contributed by atoms with E-state index >= 15 is 0 Å². The highest BCUT2D eigenvalue weighted by atomic mass is 16.5. The first-order chi connectivity index (χ1) is 13.5. The summed E-state index contributed by atoms with van der Waals surface area (Å²) < 4.78 is 11.0. The second kappa shape index (κ2) is 9.12. The topological polar surface area (TPSA) is 97.0 Å². The Balaban J connectivity index is 1.64. The lowest BCUT2D eigenvalue weighted by Crippen LogP contribution is -2.36. The molecule has 1 aromatic carbocycles. The molecule has 1 aromatic heterocycles. The van der Waals surface area contributed by atoms with E-state index in [1.807, 2.05) is 0 Å². The fraction of sp³-hybridized carbons (Fsp3) is 0.476. The van der Waals surface area contributed by atoms with Crippen LogP contribution in [0.15, 0.2) is 21.3 Å². The van der Waals surface area contributed by atoms with Gasteiger partial charge in [-0.25, -0.2) is 0 Å². The lowest BCUT2D eigenvalue weighted by molar-refractivity contribution is -0.119. The zero-order valence-corrected chi connectivity index (χ0v) is 16.0. The third-order valence-electron chi connectivity index (χ3n) is 5.18. The maximum absolute atomic E-state index is 12.8. The minimum absolute atomic E-state index is 0.0385. The van der Waals surface area contributed by atoms with Gasteiger partial charge in [0.05, 0.1) is 24.2 Å². The molecule has 3 rings (SSSR count). The molecule has 1 saturated heterocycles. The molecule has 1 aliphatic rings. The Morgan fingerprint density at radius 1 is 1.25 bits per heavy atom. The van der Waals surface area contributed by atoms with Crippen molar-refractivity contribution in [3.8, 4) is 5.75 Å². The first-order valence-electron chi connectivity index (χ1n) is 9.56. The van der Waals surface area contributed by atoms with E-state index in [-0.39, 0.29) is 39.9 Å². The largest absolute Gasteiger partial charge is 0.507 e. The summed E-state index contributed by atoms with van der Waals surface area (Å²) in [6, 6.07) is 2.75. The van der Waals surface area contributed by atoms with Gasteiger partial charge < -0.3 is 14.3 Å². The molecule has 0 bridgehead atoms. The maximum atomic E-state index is 12.8. The Morgan fingerprint density at radius 3 is 2.71 bits per heavy atom. The zero-order chi connectivity index (χ0) is 20.1. The molecule has 2 heterocycles. The van der Waals surface area contributed by atoms with Gasteiger partial charge in [0, 0.05) is 31.5 Å². The molecule has 0 radical (unpaired) electrons. The molecule has 2 aromatic rings. The third kappa shape index (κ3) is 4.48. The highest BCUT2D eigenvalue weighted by molar-refractivity contribution is 5.97. The summed E-state index contributed by atoms with van der Waals surface area (Å²) in [6.45, 7) is 5.82. The number of hydrogen-bond donors (Lipinski definition) is 1. The van der Waals surface area contributed by atoms with Gasteiger partial charge in [0.15, 0.2) is 17.3 Å². The lowest BCUT2D eigenvalue weighted by atomic mass is 10.0. The summed E-state index contributed by atoms with van der Waals surface area (Å²) in [6.07, 6.45) is 2.33. The van der Waals surface area contributed by atoms with Crippen molar-refractivity contribution in [3.63, 3.8) is 0 Å². The number of nitrogens with zero attached hydrogens (tertiary/aromatic N) is 1. The molecule has 150 valence electrons. The molecular weight excluding hydrogens is 362 g/mol. The van der Waals surface area contributed by atoms with Crippen molar-refractivity contribution >= 4 is 23.0 Å². The smallest absolute Gasteiger partial charge is 0.196 e. The Labute approximate surface area is 162 Å². The van der Waals surface area contributed by atoms with Crippen LogP contribution in [-0.2, 0) is 16.0 Å². The van der Waals surface area contributed by atoms with Gasteiger partial charge in [-0.3, -0.25) is 19.3 Å². The molecule has 28 heavy (non-hydrogen) atoms. The fourth-order valence-electron chi connectivity index (χ4n) is 3.53. The Bertz CT molecular complexity index is 927. The number of benzene rings is 1. The number of rotatable bonds is 8.